The van der Waals surface area contributed by atoms with Gasteiger partial charge in [0.25, 0.3) is 11.8 Å². The van der Waals surface area contributed by atoms with Crippen LogP contribution in [-0.4, -0.2) is 21.8 Å². The summed E-state index contributed by atoms with van der Waals surface area (Å²) < 4.78 is 11.1. The van der Waals surface area contributed by atoms with Crippen LogP contribution in [0.4, 0.5) is 10.7 Å². The lowest BCUT2D eigenvalue weighted by molar-refractivity contribution is 0.0634. The van der Waals surface area contributed by atoms with Crippen LogP contribution in [0.3, 0.4) is 0 Å². The summed E-state index contributed by atoms with van der Waals surface area (Å²) in [5.74, 6) is 0.390. The molecule has 0 fully saturated rings. The van der Waals surface area contributed by atoms with E-state index in [1.54, 1.807) is 20.8 Å². The monoisotopic (exact) mass is 339 g/mol. The van der Waals surface area contributed by atoms with Crippen LogP contribution >= 0.6 is 15.9 Å². The van der Waals surface area contributed by atoms with Crippen LogP contribution in [0.2, 0.25) is 0 Å². The fourth-order valence-corrected chi connectivity index (χ4v) is 1.64. The summed E-state index contributed by atoms with van der Waals surface area (Å²) in [5.41, 5.74) is 0.181. The van der Waals surface area contributed by atoms with E-state index in [1.807, 2.05) is 24.3 Å². The Morgan fingerprint density at radius 2 is 1.95 bits per heavy atom. The van der Waals surface area contributed by atoms with Crippen molar-refractivity contribution in [3.05, 3.63) is 28.7 Å². The third-order valence-corrected chi connectivity index (χ3v) is 2.66. The zero-order valence-electron chi connectivity index (χ0n) is 11.3. The van der Waals surface area contributed by atoms with Gasteiger partial charge in [-0.25, -0.2) is 4.79 Å². The average molecular weight is 340 g/mol. The van der Waals surface area contributed by atoms with Gasteiger partial charge in [-0.05, 0) is 50.2 Å². The molecule has 0 atom stereocenters. The lowest BCUT2D eigenvalue weighted by Crippen LogP contribution is -2.27. The maximum absolute atomic E-state index is 11.6. The first kappa shape index (κ1) is 14.5. The smallest absolute Gasteiger partial charge is 0.414 e. The van der Waals surface area contributed by atoms with Crippen LogP contribution in [0, 0.1) is 0 Å². The normalized spacial score (nSPS) is 11.2. The van der Waals surface area contributed by atoms with Crippen molar-refractivity contribution in [2.24, 2.45) is 0 Å². The molecule has 0 saturated carbocycles. The van der Waals surface area contributed by atoms with E-state index < -0.39 is 11.7 Å². The number of hydrogen-bond acceptors (Lipinski definition) is 5. The molecule has 6 nitrogen and oxygen atoms in total. The Balaban J connectivity index is 2.06. The molecule has 1 amide bonds. The Morgan fingerprint density at radius 3 is 2.55 bits per heavy atom. The number of nitrogens with one attached hydrogen (secondary N) is 1. The molecule has 7 heteroatoms. The van der Waals surface area contributed by atoms with Gasteiger partial charge in [-0.15, -0.1) is 0 Å². The predicted molar refractivity (Wildman–Crippen MR) is 77.3 cm³/mol. The molecule has 0 bridgehead atoms. The minimum Gasteiger partial charge on any atom is -0.444 e. The predicted octanol–water partition coefficient (Wildman–Crippen LogP) is 3.85. The van der Waals surface area contributed by atoms with Gasteiger partial charge < -0.3 is 9.26 Å². The van der Waals surface area contributed by atoms with E-state index in [0.717, 1.165) is 10.0 Å². The SMILES string of the molecule is CC(C)(C)OC(=O)Nc1noc(-c2ccc(Br)cc2)n1. The molecule has 1 N–H and O–H groups in total. The van der Waals surface area contributed by atoms with Crippen LogP contribution in [0.15, 0.2) is 33.3 Å². The van der Waals surface area contributed by atoms with E-state index in [2.05, 4.69) is 31.4 Å². The second-order valence-corrected chi connectivity index (χ2v) is 5.97. The van der Waals surface area contributed by atoms with Crippen molar-refractivity contribution in [3.8, 4) is 11.5 Å². The number of nitrogens with zero attached hydrogens (tertiary/aromatic N) is 2. The fraction of sp³-hybridized carbons (Fsp3) is 0.308. The molecule has 0 aliphatic carbocycles. The van der Waals surface area contributed by atoms with Crippen LogP contribution in [-0.2, 0) is 4.74 Å². The minimum atomic E-state index is -0.624. The van der Waals surface area contributed by atoms with E-state index in [-0.39, 0.29) is 5.95 Å². The Hall–Kier alpha value is -1.89. The Morgan fingerprint density at radius 1 is 1.30 bits per heavy atom. The highest BCUT2D eigenvalue weighted by molar-refractivity contribution is 9.10. The summed E-state index contributed by atoms with van der Waals surface area (Å²) >= 11 is 3.34. The number of anilines is 1. The number of halogens is 1. The number of rotatable bonds is 2. The summed E-state index contributed by atoms with van der Waals surface area (Å²) in [7, 11) is 0. The zero-order valence-corrected chi connectivity index (χ0v) is 12.9. The molecule has 0 saturated heterocycles. The van der Waals surface area contributed by atoms with Gasteiger partial charge in [0.2, 0.25) is 0 Å². The zero-order chi connectivity index (χ0) is 14.8. The molecular formula is C13H14BrN3O3. The van der Waals surface area contributed by atoms with Gasteiger partial charge in [-0.3, -0.25) is 5.32 Å². The highest BCUT2D eigenvalue weighted by Gasteiger charge is 2.18. The second kappa shape index (κ2) is 5.62. The Bertz CT molecular complexity index is 602. The van der Waals surface area contributed by atoms with E-state index >= 15 is 0 Å². The van der Waals surface area contributed by atoms with Crippen LogP contribution in [0.25, 0.3) is 11.5 Å². The van der Waals surface area contributed by atoms with Crippen molar-refractivity contribution in [2.45, 2.75) is 26.4 Å². The number of carbonyl (C=O) groups is 1. The highest BCUT2D eigenvalue weighted by Crippen LogP contribution is 2.21. The summed E-state index contributed by atoms with van der Waals surface area (Å²) in [6.45, 7) is 5.32. The lowest BCUT2D eigenvalue weighted by Gasteiger charge is -2.18. The van der Waals surface area contributed by atoms with Crippen molar-refractivity contribution in [1.29, 1.82) is 0 Å². The molecule has 2 aromatic rings. The van der Waals surface area contributed by atoms with Crippen molar-refractivity contribution < 1.29 is 14.1 Å². The molecule has 106 valence electrons. The summed E-state index contributed by atoms with van der Waals surface area (Å²) in [5, 5.41) is 6.09. The van der Waals surface area contributed by atoms with Gasteiger partial charge in [-0.1, -0.05) is 15.9 Å². The van der Waals surface area contributed by atoms with Crippen molar-refractivity contribution in [1.82, 2.24) is 10.1 Å². The number of carbonyl (C=O) groups excluding carboxylic acids is 1. The van der Waals surface area contributed by atoms with E-state index in [4.69, 9.17) is 9.26 Å². The van der Waals surface area contributed by atoms with Crippen molar-refractivity contribution in [3.63, 3.8) is 0 Å². The molecular weight excluding hydrogens is 326 g/mol. The molecule has 1 aromatic carbocycles. The molecule has 1 aromatic heterocycles. The van der Waals surface area contributed by atoms with Crippen LogP contribution in [0.5, 0.6) is 0 Å². The summed E-state index contributed by atoms with van der Waals surface area (Å²) in [6, 6.07) is 7.38. The van der Waals surface area contributed by atoms with Crippen LogP contribution in [0.1, 0.15) is 20.8 Å². The van der Waals surface area contributed by atoms with Gasteiger partial charge in [0.15, 0.2) is 0 Å². The fourth-order valence-electron chi connectivity index (χ4n) is 1.38. The topological polar surface area (TPSA) is 77.2 Å². The molecule has 0 spiro atoms. The first-order valence-electron chi connectivity index (χ1n) is 5.93. The van der Waals surface area contributed by atoms with Crippen molar-refractivity contribution in [2.75, 3.05) is 5.32 Å². The highest BCUT2D eigenvalue weighted by atomic mass is 79.9. The number of ether oxygens (including phenoxy) is 1. The minimum absolute atomic E-state index is 0.0668. The molecule has 2 rings (SSSR count). The maximum Gasteiger partial charge on any atom is 0.414 e. The number of hydrogen-bond donors (Lipinski definition) is 1. The third-order valence-electron chi connectivity index (χ3n) is 2.13. The number of aromatic nitrogens is 2. The summed E-state index contributed by atoms with van der Waals surface area (Å²) in [6.07, 6.45) is -0.624. The van der Waals surface area contributed by atoms with Crippen molar-refractivity contribution >= 4 is 28.0 Å². The van der Waals surface area contributed by atoms with E-state index in [1.165, 1.54) is 0 Å². The lowest BCUT2D eigenvalue weighted by atomic mass is 10.2. The standard InChI is InChI=1S/C13H14BrN3O3/c1-13(2,3)19-12(18)16-11-15-10(20-17-11)8-4-6-9(14)7-5-8/h4-7H,1-3H3,(H,16,17,18). The largest absolute Gasteiger partial charge is 0.444 e. The van der Waals surface area contributed by atoms with Crippen LogP contribution < -0.4 is 5.32 Å². The first-order chi connectivity index (χ1) is 9.33. The first-order valence-corrected chi connectivity index (χ1v) is 6.72. The molecule has 0 radical (unpaired) electrons. The second-order valence-electron chi connectivity index (χ2n) is 5.06. The quantitative estimate of drug-likeness (QED) is 0.899. The summed E-state index contributed by atoms with van der Waals surface area (Å²) in [4.78, 5) is 15.6. The average Bonchev–Trinajstić information content (AvgIpc) is 2.75. The Labute approximate surface area is 124 Å². The van der Waals surface area contributed by atoms with E-state index in [9.17, 15) is 4.79 Å². The van der Waals surface area contributed by atoms with Gasteiger partial charge in [0.05, 0.1) is 0 Å². The molecule has 0 aliphatic rings. The number of benzene rings is 1. The molecule has 0 unspecified atom stereocenters. The third kappa shape index (κ3) is 4.06. The van der Waals surface area contributed by atoms with Gasteiger partial charge >= 0.3 is 6.09 Å². The van der Waals surface area contributed by atoms with Gasteiger partial charge in [0, 0.05) is 10.0 Å². The van der Waals surface area contributed by atoms with E-state index in [0.29, 0.717) is 5.89 Å². The molecule has 1 heterocycles. The van der Waals surface area contributed by atoms with Gasteiger partial charge in [0.1, 0.15) is 5.60 Å². The molecule has 0 aliphatic heterocycles. The van der Waals surface area contributed by atoms with Gasteiger partial charge in [-0.2, -0.15) is 4.98 Å². The Kier molecular flexibility index (Phi) is 4.08. The maximum atomic E-state index is 11.6. The molecule has 20 heavy (non-hydrogen) atoms. The number of amides is 1.